The molecule has 0 saturated carbocycles. The van der Waals surface area contributed by atoms with Crippen LogP contribution in [0.2, 0.25) is 0 Å². The van der Waals surface area contributed by atoms with E-state index in [9.17, 15) is 17.3 Å². The summed E-state index contributed by atoms with van der Waals surface area (Å²) in [4.78, 5) is 0. The predicted molar refractivity (Wildman–Crippen MR) is 85.8 cm³/mol. The van der Waals surface area contributed by atoms with E-state index in [1.165, 1.54) is 83.2 Å². The molecule has 0 amide bonds. The maximum absolute atomic E-state index is 9.75. The van der Waals surface area contributed by atoms with Gasteiger partial charge < -0.3 is 17.3 Å². The number of unbranched alkanes of at least 4 members (excludes halogenated alkanes) is 11. The van der Waals surface area contributed by atoms with Gasteiger partial charge in [-0.3, -0.25) is 0 Å². The zero-order valence-corrected chi connectivity index (χ0v) is 14.0. The summed E-state index contributed by atoms with van der Waals surface area (Å²) in [5.74, 6) is 0. The van der Waals surface area contributed by atoms with Crippen molar-refractivity contribution in [1.82, 2.24) is 0 Å². The van der Waals surface area contributed by atoms with Gasteiger partial charge in [-0.2, -0.15) is 0 Å². The van der Waals surface area contributed by atoms with Gasteiger partial charge in [0.05, 0.1) is 0 Å². The van der Waals surface area contributed by atoms with Gasteiger partial charge in [-0.05, 0) is 12.6 Å². The van der Waals surface area contributed by atoms with E-state index in [4.69, 9.17) is 0 Å². The van der Waals surface area contributed by atoms with Crippen LogP contribution in [-0.2, 0) is 0 Å². The molecule has 20 heavy (non-hydrogen) atoms. The Morgan fingerprint density at radius 2 is 0.850 bits per heavy atom. The third-order valence-corrected chi connectivity index (χ3v) is 3.47. The molecule has 0 aromatic heterocycles. The van der Waals surface area contributed by atoms with Crippen LogP contribution >= 0.6 is 9.24 Å². The minimum Gasteiger partial charge on any atom is -0.418 e. The molecule has 0 N–H and O–H groups in total. The average molecular weight is 317 g/mol. The van der Waals surface area contributed by atoms with Crippen LogP contribution < -0.4 is 0 Å². The Labute approximate surface area is 124 Å². The minimum absolute atomic E-state index is 1.29. The topological polar surface area (TPSA) is 0 Å². The third-order valence-electron chi connectivity index (χ3n) is 3.06. The first-order valence-corrected chi connectivity index (χ1v) is 8.80. The van der Waals surface area contributed by atoms with Gasteiger partial charge in [0, 0.05) is 0 Å². The number of halogens is 4. The van der Waals surface area contributed by atoms with E-state index in [-0.39, 0.29) is 0 Å². The lowest BCUT2D eigenvalue weighted by molar-refractivity contribution is 0.368. The van der Waals surface area contributed by atoms with Gasteiger partial charge in [-0.1, -0.05) is 77.6 Å². The summed E-state index contributed by atoms with van der Waals surface area (Å²) >= 11 is 0. The monoisotopic (exact) mass is 317 g/mol. The Morgan fingerprint density at radius 1 is 0.600 bits per heavy atom. The molecule has 1 atom stereocenters. The van der Waals surface area contributed by atoms with E-state index in [1.807, 2.05) is 0 Å². The lowest BCUT2D eigenvalue weighted by Gasteiger charge is -2.01. The second kappa shape index (κ2) is 17.3. The number of hydrogen-bond acceptors (Lipinski definition) is 0. The van der Waals surface area contributed by atoms with E-state index in [0.717, 1.165) is 0 Å². The molecule has 0 spiro atoms. The summed E-state index contributed by atoms with van der Waals surface area (Å²) < 4.78 is 39.0. The summed E-state index contributed by atoms with van der Waals surface area (Å²) in [6, 6.07) is 0. The molecule has 0 rings (SSSR count). The first-order valence-electron chi connectivity index (χ1n) is 7.99. The average Bonchev–Trinajstić information content (AvgIpc) is 2.34. The van der Waals surface area contributed by atoms with Crippen LogP contribution in [0.3, 0.4) is 0 Å². The van der Waals surface area contributed by atoms with Crippen molar-refractivity contribution < 1.29 is 17.3 Å². The highest BCUT2D eigenvalue weighted by Crippen LogP contribution is 2.12. The van der Waals surface area contributed by atoms with Gasteiger partial charge in [-0.15, -0.1) is 9.24 Å². The predicted octanol–water partition coefficient (Wildman–Crippen LogP) is 6.86. The molecule has 0 heterocycles. The van der Waals surface area contributed by atoms with E-state index >= 15 is 0 Å². The highest BCUT2D eigenvalue weighted by Gasteiger charge is 2.20. The molecule has 0 nitrogen and oxygen atoms in total. The van der Waals surface area contributed by atoms with Crippen LogP contribution in [0.15, 0.2) is 0 Å². The van der Waals surface area contributed by atoms with Crippen LogP contribution in [0.1, 0.15) is 84.0 Å². The summed E-state index contributed by atoms with van der Waals surface area (Å²) in [5.41, 5.74) is 0. The molecule has 0 aliphatic heterocycles. The van der Waals surface area contributed by atoms with Crippen molar-refractivity contribution in [1.29, 1.82) is 0 Å². The van der Waals surface area contributed by atoms with Crippen molar-refractivity contribution in [3.8, 4) is 0 Å². The summed E-state index contributed by atoms with van der Waals surface area (Å²) in [7, 11) is -3.19. The van der Waals surface area contributed by atoms with E-state index in [0.29, 0.717) is 0 Å². The molecule has 0 aromatic carbocycles. The molecule has 0 radical (unpaired) electrons. The fraction of sp³-hybridized carbons (Fsp3) is 1.00. The fourth-order valence-corrected chi connectivity index (χ4v) is 2.27. The maximum atomic E-state index is 9.75. The summed E-state index contributed by atoms with van der Waals surface area (Å²) in [6.45, 7) is 2.29. The van der Waals surface area contributed by atoms with Gasteiger partial charge in [-0.25, -0.2) is 0 Å². The molecule has 124 valence electrons. The molecular weight excluding hydrogens is 286 g/mol. The Balaban J connectivity index is 0. The number of rotatable bonds is 12. The van der Waals surface area contributed by atoms with Crippen LogP contribution in [0.25, 0.3) is 0 Å². The zero-order chi connectivity index (χ0) is 15.7. The van der Waals surface area contributed by atoms with E-state index in [1.54, 1.807) is 0 Å². The van der Waals surface area contributed by atoms with Crippen molar-refractivity contribution in [2.24, 2.45) is 0 Å². The van der Waals surface area contributed by atoms with Crippen molar-refractivity contribution in [2.45, 2.75) is 84.0 Å². The second-order valence-electron chi connectivity index (χ2n) is 5.17. The highest BCUT2D eigenvalue weighted by atomic mass is 31.0. The summed E-state index contributed by atoms with van der Waals surface area (Å²) in [5, 5.41) is 0. The molecule has 0 aliphatic rings. The van der Waals surface area contributed by atoms with Crippen LogP contribution in [0, 0.1) is 0 Å². The van der Waals surface area contributed by atoms with Crippen LogP contribution in [0.5, 0.6) is 0 Å². The van der Waals surface area contributed by atoms with Crippen molar-refractivity contribution in [3.63, 3.8) is 0 Å². The van der Waals surface area contributed by atoms with Crippen LogP contribution in [0.4, 0.5) is 17.3 Å². The Kier molecular flexibility index (Phi) is 19.4. The standard InChI is InChI=1S/C14H31P.BF4/c1-2-3-4-5-6-7-8-9-10-11-12-13-14-15;2-1(3,4)5/h2-15H2,1H3;/q;-1. The molecule has 0 bridgehead atoms. The molecule has 0 fully saturated rings. The number of hydrogen-bond donors (Lipinski definition) is 0. The fourth-order valence-electron chi connectivity index (χ4n) is 1.99. The van der Waals surface area contributed by atoms with Gasteiger partial charge in [0.15, 0.2) is 0 Å². The van der Waals surface area contributed by atoms with Gasteiger partial charge in [0.2, 0.25) is 0 Å². The smallest absolute Gasteiger partial charge is 0.418 e. The zero-order valence-electron chi connectivity index (χ0n) is 12.9. The second-order valence-corrected chi connectivity index (χ2v) is 5.75. The van der Waals surface area contributed by atoms with Crippen molar-refractivity contribution in [2.75, 3.05) is 6.16 Å². The lowest BCUT2D eigenvalue weighted by Crippen LogP contribution is -2.02. The Hall–Kier alpha value is 0.215. The molecule has 0 saturated heterocycles. The lowest BCUT2D eigenvalue weighted by atomic mass is 10.1. The van der Waals surface area contributed by atoms with Gasteiger partial charge in [0.1, 0.15) is 0 Å². The first kappa shape index (κ1) is 22.5. The van der Waals surface area contributed by atoms with E-state index in [2.05, 4.69) is 16.2 Å². The van der Waals surface area contributed by atoms with Gasteiger partial charge >= 0.3 is 7.25 Å². The van der Waals surface area contributed by atoms with Gasteiger partial charge in [0.25, 0.3) is 0 Å². The Morgan fingerprint density at radius 3 is 1.10 bits per heavy atom. The molecule has 0 aliphatic carbocycles. The molecular formula is C14H31BF4P-. The highest BCUT2D eigenvalue weighted by molar-refractivity contribution is 7.16. The summed E-state index contributed by atoms with van der Waals surface area (Å²) in [6.07, 6.45) is 18.7. The largest absolute Gasteiger partial charge is 0.673 e. The Bertz CT molecular complexity index is 159. The maximum Gasteiger partial charge on any atom is 0.673 e. The minimum atomic E-state index is -6.00. The third kappa shape index (κ3) is 36.2. The van der Waals surface area contributed by atoms with Crippen molar-refractivity contribution in [3.05, 3.63) is 0 Å². The molecule has 6 heteroatoms. The molecule has 1 unspecified atom stereocenters. The SMILES string of the molecule is CCCCCCCCCCCCCCP.F[B-](F)(F)F. The van der Waals surface area contributed by atoms with E-state index < -0.39 is 7.25 Å². The molecule has 0 aromatic rings. The quantitative estimate of drug-likeness (QED) is 0.160. The van der Waals surface area contributed by atoms with Crippen molar-refractivity contribution >= 4 is 16.5 Å². The first-order chi connectivity index (χ1) is 9.41. The normalized spacial score (nSPS) is 11.1. The van der Waals surface area contributed by atoms with Crippen LogP contribution in [-0.4, -0.2) is 13.4 Å².